The molecular weight excluding hydrogens is 325 g/mol. The van der Waals surface area contributed by atoms with Crippen LogP contribution in [0.4, 0.5) is 4.39 Å². The average molecular weight is 351 g/mol. The zero-order chi connectivity index (χ0) is 18.2. The molecule has 1 aliphatic rings. The van der Waals surface area contributed by atoms with Gasteiger partial charge >= 0.3 is 0 Å². The lowest BCUT2D eigenvalue weighted by molar-refractivity contribution is -0.139. The third-order valence-electron chi connectivity index (χ3n) is 4.44. The molecule has 0 aromatic heterocycles. The maximum atomic E-state index is 13.9. The number of methoxy groups -OCH3 is 1. The fraction of sp³-hybridized carbons (Fsp3) is 0.556. The van der Waals surface area contributed by atoms with E-state index < -0.39 is 6.04 Å². The molecular formula is C18H26FN3O3. The smallest absolute Gasteiger partial charge is 0.237 e. The number of amides is 2. The topological polar surface area (TPSA) is 61.9 Å². The van der Waals surface area contributed by atoms with Crippen molar-refractivity contribution in [3.05, 3.63) is 35.6 Å². The standard InChI is InChI=1S/C18H26FN3O3/c1-3-21(10-11-25-2)17(23)12-16-18(24)20-8-9-22(16)13-14-6-4-5-7-15(14)19/h4-7,16H,3,8-13H2,1-2H3,(H,20,24)/t16-/m0/s1. The number of carbonyl (C=O) groups excluding carboxylic acids is 2. The number of nitrogens with one attached hydrogen (secondary N) is 1. The van der Waals surface area contributed by atoms with Crippen LogP contribution in [0.15, 0.2) is 24.3 Å². The van der Waals surface area contributed by atoms with Crippen LogP contribution in [-0.4, -0.2) is 67.6 Å². The van der Waals surface area contributed by atoms with Crippen molar-refractivity contribution in [1.29, 1.82) is 0 Å². The van der Waals surface area contributed by atoms with Crippen molar-refractivity contribution in [3.8, 4) is 0 Å². The fourth-order valence-electron chi connectivity index (χ4n) is 2.97. The molecule has 1 heterocycles. The van der Waals surface area contributed by atoms with Gasteiger partial charge in [-0.15, -0.1) is 0 Å². The Hall–Kier alpha value is -1.99. The lowest BCUT2D eigenvalue weighted by Crippen LogP contribution is -2.56. The van der Waals surface area contributed by atoms with E-state index in [0.29, 0.717) is 44.9 Å². The zero-order valence-electron chi connectivity index (χ0n) is 14.8. The lowest BCUT2D eigenvalue weighted by Gasteiger charge is -2.35. The van der Waals surface area contributed by atoms with Gasteiger partial charge < -0.3 is 15.0 Å². The molecule has 1 fully saturated rings. The van der Waals surface area contributed by atoms with Crippen molar-refractivity contribution in [2.45, 2.75) is 25.9 Å². The van der Waals surface area contributed by atoms with Crippen LogP contribution in [0.1, 0.15) is 18.9 Å². The van der Waals surface area contributed by atoms with Crippen LogP contribution in [0.3, 0.4) is 0 Å². The first-order chi connectivity index (χ1) is 12.1. The van der Waals surface area contributed by atoms with E-state index in [1.165, 1.54) is 6.07 Å². The molecule has 0 aliphatic carbocycles. The number of rotatable bonds is 8. The van der Waals surface area contributed by atoms with E-state index in [9.17, 15) is 14.0 Å². The van der Waals surface area contributed by atoms with Gasteiger partial charge in [-0.3, -0.25) is 14.5 Å². The van der Waals surface area contributed by atoms with E-state index in [1.807, 2.05) is 11.8 Å². The van der Waals surface area contributed by atoms with Gasteiger partial charge in [0.25, 0.3) is 0 Å². The summed E-state index contributed by atoms with van der Waals surface area (Å²) >= 11 is 0. The Kier molecular flexibility index (Phi) is 7.33. The van der Waals surface area contributed by atoms with Gasteiger partial charge in [0.15, 0.2) is 0 Å². The molecule has 2 rings (SSSR count). The Balaban J connectivity index is 2.07. The first-order valence-electron chi connectivity index (χ1n) is 8.58. The highest BCUT2D eigenvalue weighted by molar-refractivity contribution is 5.88. The predicted molar refractivity (Wildman–Crippen MR) is 92.4 cm³/mol. The van der Waals surface area contributed by atoms with Crippen LogP contribution in [0, 0.1) is 5.82 Å². The molecule has 138 valence electrons. The van der Waals surface area contributed by atoms with Gasteiger partial charge in [0.1, 0.15) is 5.82 Å². The van der Waals surface area contributed by atoms with Gasteiger partial charge in [0, 0.05) is 45.4 Å². The molecule has 0 bridgehead atoms. The molecule has 1 aliphatic heterocycles. The quantitative estimate of drug-likeness (QED) is 0.759. The highest BCUT2D eigenvalue weighted by Crippen LogP contribution is 2.17. The predicted octanol–water partition coefficient (Wildman–Crippen LogP) is 1.01. The van der Waals surface area contributed by atoms with Crippen molar-refractivity contribution in [3.63, 3.8) is 0 Å². The molecule has 0 saturated carbocycles. The van der Waals surface area contributed by atoms with Crippen molar-refractivity contribution >= 4 is 11.8 Å². The minimum Gasteiger partial charge on any atom is -0.383 e. The molecule has 0 unspecified atom stereocenters. The molecule has 1 N–H and O–H groups in total. The Labute approximate surface area is 147 Å². The summed E-state index contributed by atoms with van der Waals surface area (Å²) in [5, 5.41) is 2.80. The van der Waals surface area contributed by atoms with E-state index in [0.717, 1.165) is 0 Å². The van der Waals surface area contributed by atoms with E-state index in [4.69, 9.17) is 4.74 Å². The van der Waals surface area contributed by atoms with E-state index >= 15 is 0 Å². The monoisotopic (exact) mass is 351 g/mol. The highest BCUT2D eigenvalue weighted by Gasteiger charge is 2.33. The molecule has 0 spiro atoms. The van der Waals surface area contributed by atoms with Crippen LogP contribution >= 0.6 is 0 Å². The van der Waals surface area contributed by atoms with E-state index in [2.05, 4.69) is 5.32 Å². The van der Waals surface area contributed by atoms with Crippen LogP contribution in [0.25, 0.3) is 0 Å². The highest BCUT2D eigenvalue weighted by atomic mass is 19.1. The largest absolute Gasteiger partial charge is 0.383 e. The van der Waals surface area contributed by atoms with Crippen molar-refractivity contribution in [2.24, 2.45) is 0 Å². The number of likely N-dealkylation sites (N-methyl/N-ethyl adjacent to an activating group) is 1. The summed E-state index contributed by atoms with van der Waals surface area (Å²) in [5.41, 5.74) is 0.529. The first-order valence-corrected chi connectivity index (χ1v) is 8.58. The number of piperazine rings is 1. The molecule has 0 radical (unpaired) electrons. The molecule has 6 nitrogen and oxygen atoms in total. The normalized spacial score (nSPS) is 18.0. The van der Waals surface area contributed by atoms with Gasteiger partial charge in [0.05, 0.1) is 19.1 Å². The van der Waals surface area contributed by atoms with Gasteiger partial charge in [-0.25, -0.2) is 4.39 Å². The number of ether oxygens (including phenoxy) is 1. The summed E-state index contributed by atoms with van der Waals surface area (Å²) in [5.74, 6) is -0.576. The summed E-state index contributed by atoms with van der Waals surface area (Å²) in [7, 11) is 1.59. The Morgan fingerprint density at radius 1 is 1.44 bits per heavy atom. The maximum absolute atomic E-state index is 13.9. The summed E-state index contributed by atoms with van der Waals surface area (Å²) in [6.07, 6.45) is 0.0812. The Morgan fingerprint density at radius 3 is 2.88 bits per heavy atom. The van der Waals surface area contributed by atoms with Gasteiger partial charge in [-0.1, -0.05) is 18.2 Å². The summed E-state index contributed by atoms with van der Waals surface area (Å²) in [6.45, 7) is 4.79. The SMILES string of the molecule is CCN(CCOC)C(=O)C[C@H]1C(=O)NCCN1Cc1ccccc1F. The second-order valence-electron chi connectivity index (χ2n) is 6.04. The fourth-order valence-corrected chi connectivity index (χ4v) is 2.97. The molecule has 7 heteroatoms. The van der Waals surface area contributed by atoms with Crippen LogP contribution in [0.5, 0.6) is 0 Å². The number of nitrogens with zero attached hydrogens (tertiary/aromatic N) is 2. The zero-order valence-corrected chi connectivity index (χ0v) is 14.8. The molecule has 25 heavy (non-hydrogen) atoms. The minimum absolute atomic E-state index is 0.0812. The van der Waals surface area contributed by atoms with E-state index in [-0.39, 0.29) is 24.1 Å². The maximum Gasteiger partial charge on any atom is 0.237 e. The van der Waals surface area contributed by atoms with E-state index in [1.54, 1.807) is 30.2 Å². The number of carbonyl (C=O) groups is 2. The van der Waals surface area contributed by atoms with Gasteiger partial charge in [-0.05, 0) is 13.0 Å². The minimum atomic E-state index is -0.586. The third kappa shape index (κ3) is 5.24. The Morgan fingerprint density at radius 2 is 2.20 bits per heavy atom. The second kappa shape index (κ2) is 9.48. The molecule has 1 aromatic rings. The van der Waals surface area contributed by atoms with Gasteiger partial charge in [-0.2, -0.15) is 0 Å². The molecule has 1 aromatic carbocycles. The molecule has 1 atom stereocenters. The summed E-state index contributed by atoms with van der Waals surface area (Å²) in [4.78, 5) is 28.4. The number of hydrogen-bond donors (Lipinski definition) is 1. The van der Waals surface area contributed by atoms with Crippen LogP contribution in [0.2, 0.25) is 0 Å². The second-order valence-corrected chi connectivity index (χ2v) is 6.04. The van der Waals surface area contributed by atoms with Crippen LogP contribution in [-0.2, 0) is 20.9 Å². The van der Waals surface area contributed by atoms with Crippen molar-refractivity contribution in [2.75, 3.05) is 39.9 Å². The summed E-state index contributed by atoms with van der Waals surface area (Å²) < 4.78 is 19.0. The summed E-state index contributed by atoms with van der Waals surface area (Å²) in [6, 6.07) is 5.93. The van der Waals surface area contributed by atoms with Crippen molar-refractivity contribution < 1.29 is 18.7 Å². The van der Waals surface area contributed by atoms with Crippen molar-refractivity contribution in [1.82, 2.24) is 15.1 Å². The lowest BCUT2D eigenvalue weighted by atomic mass is 10.1. The average Bonchev–Trinajstić information content (AvgIpc) is 2.60. The molecule has 1 saturated heterocycles. The third-order valence-corrected chi connectivity index (χ3v) is 4.44. The molecule has 2 amide bonds. The number of halogens is 1. The number of hydrogen-bond acceptors (Lipinski definition) is 4. The number of benzene rings is 1. The first kappa shape index (κ1) is 19.3. The Bertz CT molecular complexity index is 597. The van der Waals surface area contributed by atoms with Crippen LogP contribution < -0.4 is 5.32 Å². The van der Waals surface area contributed by atoms with Gasteiger partial charge in [0.2, 0.25) is 11.8 Å².